The SMILES string of the molecule is CCCCCCCCCCCCCCCC(=O)NCCCNCCCO. The van der Waals surface area contributed by atoms with Gasteiger partial charge in [-0.3, -0.25) is 4.79 Å². The highest BCUT2D eigenvalue weighted by molar-refractivity contribution is 5.75. The first kappa shape index (κ1) is 25.4. The molecule has 0 saturated heterocycles. The lowest BCUT2D eigenvalue weighted by atomic mass is 10.0. The smallest absolute Gasteiger partial charge is 0.219 e. The summed E-state index contributed by atoms with van der Waals surface area (Å²) >= 11 is 0. The van der Waals surface area contributed by atoms with Gasteiger partial charge < -0.3 is 15.7 Å². The molecule has 0 rings (SSSR count). The van der Waals surface area contributed by atoms with Gasteiger partial charge in [0.1, 0.15) is 0 Å². The van der Waals surface area contributed by atoms with E-state index in [9.17, 15) is 4.79 Å². The van der Waals surface area contributed by atoms with Crippen LogP contribution in [0.5, 0.6) is 0 Å². The maximum absolute atomic E-state index is 11.7. The molecule has 26 heavy (non-hydrogen) atoms. The number of amides is 1. The Labute approximate surface area is 162 Å². The lowest BCUT2D eigenvalue weighted by Crippen LogP contribution is -2.27. The molecule has 0 aliphatic heterocycles. The third kappa shape index (κ3) is 21.4. The monoisotopic (exact) mass is 370 g/mol. The molecule has 0 saturated carbocycles. The van der Waals surface area contributed by atoms with E-state index in [1.165, 1.54) is 77.0 Å². The van der Waals surface area contributed by atoms with Gasteiger partial charge in [0.05, 0.1) is 0 Å². The van der Waals surface area contributed by atoms with Crippen molar-refractivity contribution in [3.05, 3.63) is 0 Å². The Morgan fingerprint density at radius 3 is 1.69 bits per heavy atom. The van der Waals surface area contributed by atoms with E-state index in [1.807, 2.05) is 0 Å². The Bertz CT molecular complexity index is 285. The van der Waals surface area contributed by atoms with Gasteiger partial charge in [0.25, 0.3) is 0 Å². The van der Waals surface area contributed by atoms with E-state index in [0.717, 1.165) is 38.9 Å². The van der Waals surface area contributed by atoms with Gasteiger partial charge in [-0.25, -0.2) is 0 Å². The molecule has 1 amide bonds. The number of hydrogen-bond donors (Lipinski definition) is 3. The van der Waals surface area contributed by atoms with Crippen LogP contribution in [0.1, 0.15) is 110 Å². The molecule has 0 unspecified atom stereocenters. The number of unbranched alkanes of at least 4 members (excludes halogenated alkanes) is 12. The highest BCUT2D eigenvalue weighted by atomic mass is 16.3. The molecule has 4 nitrogen and oxygen atoms in total. The fourth-order valence-corrected chi connectivity index (χ4v) is 3.16. The van der Waals surface area contributed by atoms with Crippen molar-refractivity contribution in [1.82, 2.24) is 10.6 Å². The fraction of sp³-hybridized carbons (Fsp3) is 0.955. The first-order valence-electron chi connectivity index (χ1n) is 11.4. The Morgan fingerprint density at radius 2 is 1.15 bits per heavy atom. The molecule has 0 aliphatic carbocycles. The average molecular weight is 371 g/mol. The predicted molar refractivity (Wildman–Crippen MR) is 113 cm³/mol. The van der Waals surface area contributed by atoms with Crippen molar-refractivity contribution < 1.29 is 9.90 Å². The molecule has 0 bridgehead atoms. The number of aliphatic hydroxyl groups excluding tert-OH is 1. The standard InChI is InChI=1S/C22H46N2O2/c1-2-3-4-5-6-7-8-9-10-11-12-13-14-17-22(26)24-20-15-18-23-19-16-21-25/h23,25H,2-21H2,1H3,(H,24,26). The summed E-state index contributed by atoms with van der Waals surface area (Å²) in [6.45, 7) is 5.02. The highest BCUT2D eigenvalue weighted by Gasteiger charge is 2.00. The molecule has 0 aromatic rings. The van der Waals surface area contributed by atoms with E-state index < -0.39 is 0 Å². The third-order valence-electron chi connectivity index (χ3n) is 4.87. The molecule has 0 spiro atoms. The molecule has 0 aliphatic rings. The van der Waals surface area contributed by atoms with Crippen LogP contribution in [0.2, 0.25) is 0 Å². The zero-order chi connectivity index (χ0) is 19.1. The van der Waals surface area contributed by atoms with Gasteiger partial charge in [0, 0.05) is 19.6 Å². The van der Waals surface area contributed by atoms with Crippen LogP contribution in [0, 0.1) is 0 Å². The van der Waals surface area contributed by atoms with Crippen LogP contribution in [0.25, 0.3) is 0 Å². The van der Waals surface area contributed by atoms with Gasteiger partial charge in [-0.15, -0.1) is 0 Å². The zero-order valence-corrected chi connectivity index (χ0v) is 17.5. The van der Waals surface area contributed by atoms with Gasteiger partial charge in [0.2, 0.25) is 5.91 Å². The predicted octanol–water partition coefficient (Wildman–Crippen LogP) is 4.95. The molecular formula is C22H46N2O2. The number of aliphatic hydroxyl groups is 1. The molecule has 0 fully saturated rings. The van der Waals surface area contributed by atoms with Crippen LogP contribution in [0.15, 0.2) is 0 Å². The topological polar surface area (TPSA) is 61.4 Å². The number of carbonyl (C=O) groups is 1. The summed E-state index contributed by atoms with van der Waals surface area (Å²) < 4.78 is 0. The molecule has 0 aromatic carbocycles. The van der Waals surface area contributed by atoms with Gasteiger partial charge in [-0.05, 0) is 32.4 Å². The fourth-order valence-electron chi connectivity index (χ4n) is 3.16. The number of nitrogens with one attached hydrogen (secondary N) is 2. The van der Waals surface area contributed by atoms with Crippen LogP contribution in [-0.2, 0) is 4.79 Å². The summed E-state index contributed by atoms with van der Waals surface area (Å²) in [5.41, 5.74) is 0. The zero-order valence-electron chi connectivity index (χ0n) is 17.5. The van der Waals surface area contributed by atoms with E-state index >= 15 is 0 Å². The van der Waals surface area contributed by atoms with Crippen LogP contribution in [0.4, 0.5) is 0 Å². The maximum Gasteiger partial charge on any atom is 0.219 e. The Kier molecular flexibility index (Phi) is 21.9. The summed E-state index contributed by atoms with van der Waals surface area (Å²) in [7, 11) is 0. The first-order valence-corrected chi connectivity index (χ1v) is 11.4. The van der Waals surface area contributed by atoms with Crippen LogP contribution < -0.4 is 10.6 Å². The Morgan fingerprint density at radius 1 is 0.654 bits per heavy atom. The van der Waals surface area contributed by atoms with Crippen molar-refractivity contribution >= 4 is 5.91 Å². The first-order chi connectivity index (χ1) is 12.8. The molecule has 0 radical (unpaired) electrons. The number of carbonyl (C=O) groups excluding carboxylic acids is 1. The van der Waals surface area contributed by atoms with E-state index in [0.29, 0.717) is 6.42 Å². The van der Waals surface area contributed by atoms with E-state index in [2.05, 4.69) is 17.6 Å². The third-order valence-corrected chi connectivity index (χ3v) is 4.87. The number of rotatable bonds is 21. The molecule has 4 heteroatoms. The van der Waals surface area contributed by atoms with Crippen molar-refractivity contribution in [3.63, 3.8) is 0 Å². The van der Waals surface area contributed by atoms with Gasteiger partial charge >= 0.3 is 0 Å². The highest BCUT2D eigenvalue weighted by Crippen LogP contribution is 2.12. The lowest BCUT2D eigenvalue weighted by Gasteiger charge is -2.06. The van der Waals surface area contributed by atoms with Crippen molar-refractivity contribution in [1.29, 1.82) is 0 Å². The largest absolute Gasteiger partial charge is 0.396 e. The van der Waals surface area contributed by atoms with Crippen LogP contribution in [0.3, 0.4) is 0 Å². The van der Waals surface area contributed by atoms with Crippen LogP contribution in [-0.4, -0.2) is 37.3 Å². The minimum absolute atomic E-state index is 0.198. The molecule has 0 aromatic heterocycles. The summed E-state index contributed by atoms with van der Waals surface area (Å²) in [6.07, 6.45) is 19.8. The van der Waals surface area contributed by atoms with Crippen molar-refractivity contribution in [2.45, 2.75) is 110 Å². The average Bonchev–Trinajstić information content (AvgIpc) is 2.64. The summed E-state index contributed by atoms with van der Waals surface area (Å²) in [5.74, 6) is 0.198. The van der Waals surface area contributed by atoms with E-state index in [-0.39, 0.29) is 12.5 Å². The van der Waals surface area contributed by atoms with E-state index in [1.54, 1.807) is 0 Å². The van der Waals surface area contributed by atoms with Gasteiger partial charge in [-0.2, -0.15) is 0 Å². The van der Waals surface area contributed by atoms with Crippen molar-refractivity contribution in [3.8, 4) is 0 Å². The second-order valence-corrected chi connectivity index (χ2v) is 7.52. The normalized spacial score (nSPS) is 11.0. The Balaban J connectivity index is 3.12. The Hall–Kier alpha value is -0.610. The minimum Gasteiger partial charge on any atom is -0.396 e. The molecule has 156 valence electrons. The molecule has 0 heterocycles. The molecule has 0 atom stereocenters. The second-order valence-electron chi connectivity index (χ2n) is 7.52. The van der Waals surface area contributed by atoms with E-state index in [4.69, 9.17) is 5.11 Å². The second kappa shape index (κ2) is 22.4. The summed E-state index contributed by atoms with van der Waals surface area (Å²) in [5, 5.41) is 14.9. The van der Waals surface area contributed by atoms with Crippen molar-refractivity contribution in [2.75, 3.05) is 26.2 Å². The summed E-state index contributed by atoms with van der Waals surface area (Å²) in [4.78, 5) is 11.7. The van der Waals surface area contributed by atoms with Gasteiger partial charge in [0.15, 0.2) is 0 Å². The van der Waals surface area contributed by atoms with Gasteiger partial charge in [-0.1, -0.05) is 84.0 Å². The quantitative estimate of drug-likeness (QED) is 0.251. The van der Waals surface area contributed by atoms with Crippen molar-refractivity contribution in [2.24, 2.45) is 0 Å². The van der Waals surface area contributed by atoms with Crippen LogP contribution >= 0.6 is 0 Å². The number of hydrogen-bond acceptors (Lipinski definition) is 3. The minimum atomic E-state index is 0.198. The molecule has 3 N–H and O–H groups in total. The molecular weight excluding hydrogens is 324 g/mol. The lowest BCUT2D eigenvalue weighted by molar-refractivity contribution is -0.121. The summed E-state index contributed by atoms with van der Waals surface area (Å²) in [6, 6.07) is 0. The maximum atomic E-state index is 11.7.